The molecule has 1 amide bonds. The topological polar surface area (TPSA) is 67.2 Å². The van der Waals surface area contributed by atoms with Gasteiger partial charge < -0.3 is 0 Å². The zero-order valence-electron chi connectivity index (χ0n) is 15.4. The molecule has 30 heavy (non-hydrogen) atoms. The Balaban J connectivity index is 1.26. The van der Waals surface area contributed by atoms with Crippen LogP contribution >= 0.6 is 62.1 Å². The van der Waals surface area contributed by atoms with E-state index in [4.69, 9.17) is 0 Å². The number of hydrogen-bond acceptors (Lipinski definition) is 8. The molecule has 5 nitrogen and oxygen atoms in total. The maximum atomic E-state index is 12.0. The zero-order valence-corrected chi connectivity index (χ0v) is 20.3. The summed E-state index contributed by atoms with van der Waals surface area (Å²) in [5.74, 6) is 0.898. The van der Waals surface area contributed by atoms with E-state index in [-0.39, 0.29) is 11.7 Å². The lowest BCUT2D eigenvalue weighted by Crippen LogP contribution is -2.19. The van der Waals surface area contributed by atoms with E-state index in [2.05, 4.69) is 79.1 Å². The first-order valence-corrected chi connectivity index (χ1v) is 13.2. The van der Waals surface area contributed by atoms with E-state index < -0.39 is 0 Å². The third-order valence-corrected chi connectivity index (χ3v) is 8.72. The highest BCUT2D eigenvalue weighted by Crippen LogP contribution is 2.32. The fourth-order valence-electron chi connectivity index (χ4n) is 2.60. The molecular weight excluding hydrogens is 520 g/mol. The summed E-state index contributed by atoms with van der Waals surface area (Å²) in [6, 6.07) is 18.6. The van der Waals surface area contributed by atoms with Gasteiger partial charge in [0.2, 0.25) is 0 Å². The van der Waals surface area contributed by atoms with Crippen molar-refractivity contribution in [2.24, 2.45) is 5.10 Å². The monoisotopic (exact) mass is 534 g/mol. The lowest BCUT2D eigenvalue weighted by atomic mass is 10.1. The Morgan fingerprint density at radius 1 is 1.03 bits per heavy atom. The molecule has 10 heteroatoms. The first kappa shape index (κ1) is 21.5. The number of hydrazone groups is 1. The minimum Gasteiger partial charge on any atom is -0.272 e. The fraction of sp³-hybridized carbons (Fsp3) is 0.100. The minimum absolute atomic E-state index is 0.174. The van der Waals surface area contributed by atoms with Crippen molar-refractivity contribution in [3.63, 3.8) is 0 Å². The predicted octanol–water partition coefficient (Wildman–Crippen LogP) is 6.05. The first-order valence-electron chi connectivity index (χ1n) is 8.80. The lowest BCUT2D eigenvalue weighted by Gasteiger charge is -2.04. The molecule has 2 aromatic heterocycles. The van der Waals surface area contributed by atoms with Gasteiger partial charge in [-0.15, -0.1) is 21.5 Å². The summed E-state index contributed by atoms with van der Waals surface area (Å²) in [5.41, 5.74) is 3.81. The van der Waals surface area contributed by atoms with Gasteiger partial charge in [-0.05, 0) is 44.4 Å². The average molecular weight is 536 g/mol. The van der Waals surface area contributed by atoms with Crippen LogP contribution in [0.5, 0.6) is 0 Å². The van der Waals surface area contributed by atoms with Crippen molar-refractivity contribution in [2.45, 2.75) is 14.4 Å². The highest BCUT2D eigenvalue weighted by molar-refractivity contribution is 9.11. The van der Waals surface area contributed by atoms with Gasteiger partial charge in [-0.3, -0.25) is 4.79 Å². The van der Waals surface area contributed by atoms with Crippen LogP contribution in [0, 0.1) is 0 Å². The second kappa shape index (κ2) is 10.5. The van der Waals surface area contributed by atoms with Gasteiger partial charge in [0, 0.05) is 10.6 Å². The Morgan fingerprint density at radius 2 is 1.83 bits per heavy atom. The molecule has 2 heterocycles. The van der Waals surface area contributed by atoms with Gasteiger partial charge in [-0.25, -0.2) is 5.43 Å². The normalized spacial score (nSPS) is 11.4. The molecule has 0 aliphatic heterocycles. The number of nitrogens with one attached hydrogen (secondary N) is 1. The van der Waals surface area contributed by atoms with Gasteiger partial charge in [-0.2, -0.15) is 5.10 Å². The Bertz CT molecular complexity index is 1180. The quantitative estimate of drug-likeness (QED) is 0.169. The van der Waals surface area contributed by atoms with Crippen molar-refractivity contribution < 1.29 is 4.79 Å². The van der Waals surface area contributed by atoms with Crippen molar-refractivity contribution >= 4 is 85.0 Å². The average Bonchev–Trinajstić information content (AvgIpc) is 3.39. The number of carbonyl (C=O) groups is 1. The zero-order chi connectivity index (χ0) is 20.8. The number of thioether (sulfide) groups is 2. The molecule has 1 N–H and O–H groups in total. The molecule has 0 aliphatic carbocycles. The molecule has 0 saturated heterocycles. The first-order chi connectivity index (χ1) is 14.7. The maximum Gasteiger partial charge on any atom is 0.250 e. The Morgan fingerprint density at radius 3 is 2.67 bits per heavy atom. The minimum atomic E-state index is -0.174. The smallest absolute Gasteiger partial charge is 0.250 e. The van der Waals surface area contributed by atoms with Crippen LogP contribution in [0.15, 0.2) is 72.2 Å². The number of carbonyl (C=O) groups excluding carboxylic acids is 1. The van der Waals surface area contributed by atoms with Crippen molar-refractivity contribution in [2.75, 3.05) is 5.75 Å². The molecule has 0 atom stereocenters. The van der Waals surface area contributed by atoms with Gasteiger partial charge in [0.05, 0.1) is 15.8 Å². The van der Waals surface area contributed by atoms with Gasteiger partial charge in [0.1, 0.15) is 0 Å². The highest BCUT2D eigenvalue weighted by atomic mass is 79.9. The second-order valence-corrected chi connectivity index (χ2v) is 11.9. The van der Waals surface area contributed by atoms with Crippen LogP contribution in [0.25, 0.3) is 10.8 Å². The van der Waals surface area contributed by atoms with Gasteiger partial charge in [0.15, 0.2) is 8.68 Å². The van der Waals surface area contributed by atoms with E-state index >= 15 is 0 Å². The summed E-state index contributed by atoms with van der Waals surface area (Å²) in [6.07, 6.45) is 1.63. The van der Waals surface area contributed by atoms with Gasteiger partial charge in [0.25, 0.3) is 5.91 Å². The van der Waals surface area contributed by atoms with Crippen LogP contribution in [0.3, 0.4) is 0 Å². The van der Waals surface area contributed by atoms with Crippen molar-refractivity contribution in [3.8, 4) is 0 Å². The molecule has 2 aromatic carbocycles. The van der Waals surface area contributed by atoms with Crippen LogP contribution in [-0.2, 0) is 10.5 Å². The molecule has 4 aromatic rings. The molecule has 0 spiro atoms. The molecule has 0 fully saturated rings. The standard InChI is InChI=1S/C20H15BrN4OS4/c21-17-9-8-15(29-17)10-22-23-18(26)12-28-20-25-24-19(30-20)27-11-14-6-3-5-13-4-1-2-7-16(13)14/h1-10H,11-12H2,(H,23,26)/b22-10-. The van der Waals surface area contributed by atoms with E-state index in [1.807, 2.05) is 12.1 Å². The third kappa shape index (κ3) is 5.92. The number of fused-ring (bicyclic) bond motifs is 1. The number of thiophene rings is 1. The van der Waals surface area contributed by atoms with Gasteiger partial charge in [-0.1, -0.05) is 77.3 Å². The SMILES string of the molecule is O=C(CSc1nnc(SCc2cccc3ccccc23)s1)N/N=C\c1ccc(Br)s1. The van der Waals surface area contributed by atoms with Crippen LogP contribution in [0.2, 0.25) is 0 Å². The summed E-state index contributed by atoms with van der Waals surface area (Å²) in [4.78, 5) is 12.9. The Hall–Kier alpha value is -1.72. The van der Waals surface area contributed by atoms with E-state index in [9.17, 15) is 4.79 Å². The lowest BCUT2D eigenvalue weighted by molar-refractivity contribution is -0.118. The predicted molar refractivity (Wildman–Crippen MR) is 132 cm³/mol. The molecule has 152 valence electrons. The summed E-state index contributed by atoms with van der Waals surface area (Å²) >= 11 is 9.47. The van der Waals surface area contributed by atoms with Crippen molar-refractivity contribution in [3.05, 3.63) is 68.8 Å². The van der Waals surface area contributed by atoms with E-state index in [0.717, 1.165) is 23.1 Å². The summed E-state index contributed by atoms with van der Waals surface area (Å²) in [6.45, 7) is 0. The molecule has 0 aliphatic rings. The molecule has 4 rings (SSSR count). The molecule has 0 unspecified atom stereocenters. The Kier molecular flexibility index (Phi) is 7.56. The number of benzene rings is 2. The number of hydrogen-bond donors (Lipinski definition) is 1. The highest BCUT2D eigenvalue weighted by Gasteiger charge is 2.09. The second-order valence-electron chi connectivity index (χ2n) is 5.98. The fourth-order valence-corrected chi connectivity index (χ4v) is 6.71. The van der Waals surface area contributed by atoms with Crippen LogP contribution in [0.1, 0.15) is 10.4 Å². The van der Waals surface area contributed by atoms with Crippen LogP contribution in [0.4, 0.5) is 0 Å². The van der Waals surface area contributed by atoms with E-state index in [1.165, 1.54) is 39.4 Å². The molecule has 0 saturated carbocycles. The Labute approximate surface area is 198 Å². The number of rotatable bonds is 8. The third-order valence-electron chi connectivity index (χ3n) is 3.92. The van der Waals surface area contributed by atoms with Crippen LogP contribution in [-0.4, -0.2) is 28.1 Å². The van der Waals surface area contributed by atoms with Crippen molar-refractivity contribution in [1.29, 1.82) is 0 Å². The van der Waals surface area contributed by atoms with Crippen LogP contribution < -0.4 is 5.43 Å². The van der Waals surface area contributed by atoms with E-state index in [1.54, 1.807) is 29.3 Å². The molecular formula is C20H15BrN4OS4. The number of nitrogens with zero attached hydrogens (tertiary/aromatic N) is 3. The summed E-state index contributed by atoms with van der Waals surface area (Å²) in [5, 5.41) is 14.9. The largest absolute Gasteiger partial charge is 0.272 e. The number of halogens is 1. The maximum absolute atomic E-state index is 12.0. The summed E-state index contributed by atoms with van der Waals surface area (Å²) < 4.78 is 2.69. The van der Waals surface area contributed by atoms with Crippen molar-refractivity contribution in [1.82, 2.24) is 15.6 Å². The number of aromatic nitrogens is 2. The van der Waals surface area contributed by atoms with E-state index in [0.29, 0.717) is 0 Å². The summed E-state index contributed by atoms with van der Waals surface area (Å²) in [7, 11) is 0. The molecule has 0 bridgehead atoms. The van der Waals surface area contributed by atoms with Gasteiger partial charge >= 0.3 is 0 Å². The number of amides is 1. The molecule has 0 radical (unpaired) electrons.